The van der Waals surface area contributed by atoms with Crippen molar-refractivity contribution < 1.29 is 18.7 Å². The van der Waals surface area contributed by atoms with Gasteiger partial charge in [0.15, 0.2) is 17.2 Å². The van der Waals surface area contributed by atoms with E-state index >= 15 is 0 Å². The summed E-state index contributed by atoms with van der Waals surface area (Å²) in [5, 5.41) is 10.1. The van der Waals surface area contributed by atoms with Crippen molar-refractivity contribution in [2.45, 2.75) is 19.4 Å². The molecule has 1 atom stereocenters. The number of aliphatic hydroxyl groups excluding tert-OH is 1. The Balaban J connectivity index is 2.03. The topological polar surface area (TPSA) is 53.7 Å². The Labute approximate surface area is 109 Å². The van der Waals surface area contributed by atoms with E-state index in [1.54, 1.807) is 19.1 Å². The number of rotatable bonds is 1. The molecule has 4 nitrogen and oxygen atoms in total. The van der Waals surface area contributed by atoms with E-state index in [-0.39, 0.29) is 17.3 Å². The van der Waals surface area contributed by atoms with Crippen LogP contribution in [0.2, 0.25) is 0 Å². The van der Waals surface area contributed by atoms with Crippen molar-refractivity contribution in [3.05, 3.63) is 35.3 Å². The SMILES string of the molecule is Cc1c(C(=O)N2CC[C@H](O)C2)oc2c(F)cccc12. The summed E-state index contributed by atoms with van der Waals surface area (Å²) in [5.74, 6) is -0.597. The number of β-amino-alcohol motifs (C(OH)–C–C–N with tert-alkyl or cyclic N) is 1. The molecule has 0 unspecified atom stereocenters. The third-order valence-corrected chi connectivity index (χ3v) is 3.56. The largest absolute Gasteiger partial charge is 0.448 e. The van der Waals surface area contributed by atoms with Crippen molar-refractivity contribution in [3.63, 3.8) is 0 Å². The van der Waals surface area contributed by atoms with Crippen molar-refractivity contribution in [1.82, 2.24) is 4.90 Å². The van der Waals surface area contributed by atoms with Crippen LogP contribution in [-0.2, 0) is 0 Å². The first-order chi connectivity index (χ1) is 9.08. The first-order valence-corrected chi connectivity index (χ1v) is 6.23. The number of halogens is 1. The number of hydrogen-bond donors (Lipinski definition) is 1. The molecule has 1 aliphatic heterocycles. The second kappa shape index (κ2) is 4.35. The van der Waals surface area contributed by atoms with E-state index in [4.69, 9.17) is 4.42 Å². The summed E-state index contributed by atoms with van der Waals surface area (Å²) >= 11 is 0. The van der Waals surface area contributed by atoms with Crippen LogP contribution in [0.5, 0.6) is 0 Å². The number of aliphatic hydroxyl groups is 1. The molecule has 0 saturated carbocycles. The lowest BCUT2D eigenvalue weighted by Crippen LogP contribution is -2.29. The Morgan fingerprint density at radius 3 is 2.95 bits per heavy atom. The zero-order valence-corrected chi connectivity index (χ0v) is 10.5. The van der Waals surface area contributed by atoms with Crippen LogP contribution >= 0.6 is 0 Å². The molecule has 0 radical (unpaired) electrons. The molecule has 1 aromatic heterocycles. The first kappa shape index (κ1) is 12.2. The molecule has 0 bridgehead atoms. The molecule has 3 rings (SSSR count). The van der Waals surface area contributed by atoms with Crippen LogP contribution in [0.4, 0.5) is 4.39 Å². The highest BCUT2D eigenvalue weighted by Gasteiger charge is 2.29. The molecule has 100 valence electrons. The molecular formula is C14H14FNO3. The number of aryl methyl sites for hydroxylation is 1. The van der Waals surface area contributed by atoms with Crippen molar-refractivity contribution in [2.24, 2.45) is 0 Å². The maximum absolute atomic E-state index is 13.6. The number of para-hydroxylation sites is 1. The summed E-state index contributed by atoms with van der Waals surface area (Å²) in [5.41, 5.74) is 0.754. The third kappa shape index (κ3) is 1.90. The van der Waals surface area contributed by atoms with Gasteiger partial charge in [-0.15, -0.1) is 0 Å². The fraction of sp³-hybridized carbons (Fsp3) is 0.357. The van der Waals surface area contributed by atoms with Crippen LogP contribution in [-0.4, -0.2) is 35.1 Å². The summed E-state index contributed by atoms with van der Waals surface area (Å²) < 4.78 is 19.0. The van der Waals surface area contributed by atoms with Crippen LogP contribution < -0.4 is 0 Å². The predicted octanol–water partition coefficient (Wildman–Crippen LogP) is 2.09. The zero-order valence-electron chi connectivity index (χ0n) is 10.5. The van der Waals surface area contributed by atoms with E-state index in [1.807, 2.05) is 0 Å². The van der Waals surface area contributed by atoms with Gasteiger partial charge in [0.2, 0.25) is 0 Å². The van der Waals surface area contributed by atoms with Crippen LogP contribution in [0.1, 0.15) is 22.5 Å². The molecule has 2 heterocycles. The molecule has 1 N–H and O–H groups in total. The minimum absolute atomic E-state index is 0.114. The number of carbonyl (C=O) groups is 1. The Morgan fingerprint density at radius 2 is 2.32 bits per heavy atom. The Kier molecular flexibility index (Phi) is 2.78. The summed E-state index contributed by atoms with van der Waals surface area (Å²) in [6.45, 7) is 2.54. The van der Waals surface area contributed by atoms with E-state index in [0.29, 0.717) is 30.5 Å². The maximum atomic E-state index is 13.6. The van der Waals surface area contributed by atoms with E-state index in [0.717, 1.165) is 0 Å². The molecule has 5 heteroatoms. The highest BCUT2D eigenvalue weighted by molar-refractivity contribution is 5.99. The molecule has 0 spiro atoms. The van der Waals surface area contributed by atoms with E-state index in [1.165, 1.54) is 11.0 Å². The van der Waals surface area contributed by atoms with Gasteiger partial charge in [0.1, 0.15) is 0 Å². The van der Waals surface area contributed by atoms with Gasteiger partial charge < -0.3 is 14.4 Å². The van der Waals surface area contributed by atoms with Gasteiger partial charge in [0, 0.05) is 24.0 Å². The highest BCUT2D eigenvalue weighted by Crippen LogP contribution is 2.28. The summed E-state index contributed by atoms with van der Waals surface area (Å²) in [6, 6.07) is 4.63. The second-order valence-corrected chi connectivity index (χ2v) is 4.87. The number of hydrogen-bond acceptors (Lipinski definition) is 3. The molecule has 1 aliphatic rings. The second-order valence-electron chi connectivity index (χ2n) is 4.87. The molecule has 1 saturated heterocycles. The van der Waals surface area contributed by atoms with Gasteiger partial charge in [-0.1, -0.05) is 12.1 Å². The van der Waals surface area contributed by atoms with Crippen molar-refractivity contribution in [1.29, 1.82) is 0 Å². The fourth-order valence-electron chi connectivity index (χ4n) is 2.48. The van der Waals surface area contributed by atoms with Gasteiger partial charge in [-0.2, -0.15) is 0 Å². The smallest absolute Gasteiger partial charge is 0.289 e. The van der Waals surface area contributed by atoms with Gasteiger partial charge >= 0.3 is 0 Å². The quantitative estimate of drug-likeness (QED) is 0.857. The van der Waals surface area contributed by atoms with Crippen molar-refractivity contribution in [2.75, 3.05) is 13.1 Å². The number of fused-ring (bicyclic) bond motifs is 1. The van der Waals surface area contributed by atoms with Crippen molar-refractivity contribution in [3.8, 4) is 0 Å². The van der Waals surface area contributed by atoms with E-state index in [9.17, 15) is 14.3 Å². The molecule has 0 aliphatic carbocycles. The zero-order chi connectivity index (χ0) is 13.6. The monoisotopic (exact) mass is 263 g/mol. The number of benzene rings is 1. The van der Waals surface area contributed by atoms with E-state index < -0.39 is 11.9 Å². The molecular weight excluding hydrogens is 249 g/mol. The van der Waals surface area contributed by atoms with Gasteiger partial charge in [0.25, 0.3) is 5.91 Å². The Hall–Kier alpha value is -1.88. The Bertz CT molecular complexity index is 649. The minimum Gasteiger partial charge on any atom is -0.448 e. The average molecular weight is 263 g/mol. The predicted molar refractivity (Wildman–Crippen MR) is 67.4 cm³/mol. The third-order valence-electron chi connectivity index (χ3n) is 3.56. The summed E-state index contributed by atoms with van der Waals surface area (Å²) in [6.07, 6.45) is 0.0877. The molecule has 1 fully saturated rings. The molecule has 1 aromatic carbocycles. The van der Waals surface area contributed by atoms with Gasteiger partial charge in [-0.3, -0.25) is 4.79 Å². The fourth-order valence-corrected chi connectivity index (χ4v) is 2.48. The average Bonchev–Trinajstić information content (AvgIpc) is 2.95. The summed E-state index contributed by atoms with van der Waals surface area (Å²) in [7, 11) is 0. The maximum Gasteiger partial charge on any atom is 0.289 e. The number of likely N-dealkylation sites (tertiary alicyclic amines) is 1. The first-order valence-electron chi connectivity index (χ1n) is 6.23. The van der Waals surface area contributed by atoms with Gasteiger partial charge in [-0.05, 0) is 19.4 Å². The number of furan rings is 1. The van der Waals surface area contributed by atoms with Crippen molar-refractivity contribution >= 4 is 16.9 Å². The molecule has 1 amide bonds. The number of nitrogens with zero attached hydrogens (tertiary/aromatic N) is 1. The van der Waals surface area contributed by atoms with Gasteiger partial charge in [0.05, 0.1) is 6.10 Å². The normalized spacial score (nSPS) is 19.3. The van der Waals surface area contributed by atoms with Crippen LogP contribution in [0.15, 0.2) is 22.6 Å². The lowest BCUT2D eigenvalue weighted by molar-refractivity contribution is 0.0735. The standard InChI is InChI=1S/C14H14FNO3/c1-8-10-3-2-4-11(15)13(10)19-12(8)14(18)16-6-5-9(17)7-16/h2-4,9,17H,5-7H2,1H3/t9-/m0/s1. The van der Waals surface area contributed by atoms with Crippen LogP contribution in [0.3, 0.4) is 0 Å². The lowest BCUT2D eigenvalue weighted by atomic mass is 10.1. The lowest BCUT2D eigenvalue weighted by Gasteiger charge is -2.13. The Morgan fingerprint density at radius 1 is 1.53 bits per heavy atom. The number of carbonyl (C=O) groups excluding carboxylic acids is 1. The van der Waals surface area contributed by atoms with Crippen LogP contribution in [0.25, 0.3) is 11.0 Å². The minimum atomic E-state index is -0.481. The molecule has 2 aromatic rings. The van der Waals surface area contributed by atoms with E-state index in [2.05, 4.69) is 0 Å². The highest BCUT2D eigenvalue weighted by atomic mass is 19.1. The van der Waals surface area contributed by atoms with Crippen LogP contribution in [0, 0.1) is 12.7 Å². The number of amides is 1. The van der Waals surface area contributed by atoms with Gasteiger partial charge in [-0.25, -0.2) is 4.39 Å². The summed E-state index contributed by atoms with van der Waals surface area (Å²) in [4.78, 5) is 13.8. The molecule has 19 heavy (non-hydrogen) atoms.